The van der Waals surface area contributed by atoms with Crippen LogP contribution in [0.2, 0.25) is 0 Å². The summed E-state index contributed by atoms with van der Waals surface area (Å²) in [5, 5.41) is 0. The van der Waals surface area contributed by atoms with Crippen LogP contribution < -0.4 is 4.74 Å². The Balaban J connectivity index is 1.44. The molecule has 5 nitrogen and oxygen atoms in total. The standard InChI is InChI=1S/C18H21N3O2S/c22-18(13-24-12-15-5-2-1-3-6-15)21-10-4-7-16(11-21)23-17-8-9-19-14-20-17/h1-3,5-6,8-9,14,16H,4,7,10-13H2/t16-/m1/s1. The number of carbonyl (C=O) groups is 1. The predicted octanol–water partition coefficient (Wildman–Crippen LogP) is 2.78. The van der Waals surface area contributed by atoms with Crippen molar-refractivity contribution in [3.63, 3.8) is 0 Å². The number of rotatable bonds is 6. The van der Waals surface area contributed by atoms with Gasteiger partial charge in [0.15, 0.2) is 0 Å². The van der Waals surface area contributed by atoms with Crippen LogP contribution >= 0.6 is 11.8 Å². The summed E-state index contributed by atoms with van der Waals surface area (Å²) in [6.45, 7) is 1.45. The van der Waals surface area contributed by atoms with E-state index in [1.807, 2.05) is 23.1 Å². The first-order valence-electron chi connectivity index (χ1n) is 8.13. The minimum Gasteiger partial charge on any atom is -0.472 e. The lowest BCUT2D eigenvalue weighted by molar-refractivity contribution is -0.130. The molecule has 1 saturated heterocycles. The second-order valence-electron chi connectivity index (χ2n) is 5.75. The normalized spacial score (nSPS) is 17.5. The molecule has 0 saturated carbocycles. The molecule has 0 radical (unpaired) electrons. The second-order valence-corrected chi connectivity index (χ2v) is 6.73. The average molecular weight is 343 g/mol. The van der Waals surface area contributed by atoms with Gasteiger partial charge in [-0.2, -0.15) is 0 Å². The van der Waals surface area contributed by atoms with Gasteiger partial charge in [-0.3, -0.25) is 4.79 Å². The van der Waals surface area contributed by atoms with E-state index in [-0.39, 0.29) is 12.0 Å². The number of benzene rings is 1. The predicted molar refractivity (Wildman–Crippen MR) is 94.9 cm³/mol. The number of thioether (sulfide) groups is 1. The second kappa shape index (κ2) is 8.68. The van der Waals surface area contributed by atoms with Gasteiger partial charge in [0, 0.05) is 24.6 Å². The molecule has 0 aliphatic carbocycles. The molecule has 24 heavy (non-hydrogen) atoms. The smallest absolute Gasteiger partial charge is 0.232 e. The maximum Gasteiger partial charge on any atom is 0.232 e. The van der Waals surface area contributed by atoms with Crippen molar-refractivity contribution in [3.05, 3.63) is 54.5 Å². The molecule has 0 spiro atoms. The van der Waals surface area contributed by atoms with Gasteiger partial charge < -0.3 is 9.64 Å². The van der Waals surface area contributed by atoms with E-state index in [0.29, 0.717) is 18.2 Å². The Bertz CT molecular complexity index is 639. The fourth-order valence-electron chi connectivity index (χ4n) is 2.70. The Hall–Kier alpha value is -2.08. The number of ether oxygens (including phenoxy) is 1. The number of hydrogen-bond donors (Lipinski definition) is 0. The Morgan fingerprint density at radius 3 is 2.96 bits per heavy atom. The number of nitrogens with zero attached hydrogens (tertiary/aromatic N) is 3. The first-order valence-corrected chi connectivity index (χ1v) is 9.29. The van der Waals surface area contributed by atoms with Crippen LogP contribution in [0.25, 0.3) is 0 Å². The topological polar surface area (TPSA) is 55.3 Å². The monoisotopic (exact) mass is 343 g/mol. The number of aromatic nitrogens is 2. The van der Waals surface area contributed by atoms with E-state index in [2.05, 4.69) is 22.1 Å². The minimum absolute atomic E-state index is 0.0109. The molecular weight excluding hydrogens is 322 g/mol. The first kappa shape index (κ1) is 16.8. The fraction of sp³-hybridized carbons (Fsp3) is 0.389. The summed E-state index contributed by atoms with van der Waals surface area (Å²) >= 11 is 1.66. The summed E-state index contributed by atoms with van der Waals surface area (Å²) in [6, 6.07) is 12.0. The molecule has 1 atom stereocenters. The lowest BCUT2D eigenvalue weighted by atomic mass is 10.1. The highest BCUT2D eigenvalue weighted by Gasteiger charge is 2.24. The fourth-order valence-corrected chi connectivity index (χ4v) is 3.59. The molecule has 1 aromatic heterocycles. The lowest BCUT2D eigenvalue weighted by Gasteiger charge is -2.32. The molecule has 0 bridgehead atoms. The number of piperidine rings is 1. The van der Waals surface area contributed by atoms with E-state index >= 15 is 0 Å². The summed E-state index contributed by atoms with van der Waals surface area (Å²) in [5.41, 5.74) is 1.25. The first-order chi connectivity index (χ1) is 11.8. The molecule has 2 heterocycles. The zero-order valence-corrected chi connectivity index (χ0v) is 14.3. The van der Waals surface area contributed by atoms with Crippen molar-refractivity contribution in [3.8, 4) is 5.88 Å². The SMILES string of the molecule is O=C(CSCc1ccccc1)N1CCC[C@@H](Oc2ccncn2)C1. The van der Waals surface area contributed by atoms with Crippen LogP contribution in [0.15, 0.2) is 48.9 Å². The maximum absolute atomic E-state index is 12.4. The Morgan fingerprint density at radius 1 is 1.29 bits per heavy atom. The van der Waals surface area contributed by atoms with Gasteiger partial charge >= 0.3 is 0 Å². The van der Waals surface area contributed by atoms with Gasteiger partial charge in [-0.1, -0.05) is 30.3 Å². The highest BCUT2D eigenvalue weighted by Crippen LogP contribution is 2.18. The third-order valence-electron chi connectivity index (χ3n) is 3.91. The maximum atomic E-state index is 12.4. The van der Waals surface area contributed by atoms with Gasteiger partial charge in [-0.25, -0.2) is 9.97 Å². The molecule has 1 amide bonds. The molecule has 0 N–H and O–H groups in total. The molecule has 1 fully saturated rings. The van der Waals surface area contributed by atoms with Crippen molar-refractivity contribution < 1.29 is 9.53 Å². The average Bonchev–Trinajstić information content (AvgIpc) is 2.64. The summed E-state index contributed by atoms with van der Waals surface area (Å²) < 4.78 is 5.86. The number of hydrogen-bond acceptors (Lipinski definition) is 5. The molecule has 1 aliphatic heterocycles. The number of amides is 1. The number of likely N-dealkylation sites (tertiary alicyclic amines) is 1. The quantitative estimate of drug-likeness (QED) is 0.807. The Kier molecular flexibility index (Phi) is 6.07. The highest BCUT2D eigenvalue weighted by atomic mass is 32.2. The van der Waals surface area contributed by atoms with E-state index in [9.17, 15) is 4.79 Å². The van der Waals surface area contributed by atoms with Crippen LogP contribution in [0.4, 0.5) is 0 Å². The summed E-state index contributed by atoms with van der Waals surface area (Å²) in [4.78, 5) is 22.3. The molecule has 0 unspecified atom stereocenters. The minimum atomic E-state index is 0.0109. The van der Waals surface area contributed by atoms with Gasteiger partial charge in [-0.15, -0.1) is 11.8 Å². The van der Waals surface area contributed by atoms with E-state index < -0.39 is 0 Å². The third kappa shape index (κ3) is 4.96. The lowest BCUT2D eigenvalue weighted by Crippen LogP contribution is -2.45. The van der Waals surface area contributed by atoms with Gasteiger partial charge in [0.1, 0.15) is 12.4 Å². The van der Waals surface area contributed by atoms with E-state index in [4.69, 9.17) is 4.74 Å². The van der Waals surface area contributed by atoms with Gasteiger partial charge in [0.2, 0.25) is 11.8 Å². The molecule has 3 rings (SSSR count). The summed E-state index contributed by atoms with van der Waals surface area (Å²) in [5.74, 6) is 2.13. The van der Waals surface area contributed by atoms with Gasteiger partial charge in [-0.05, 0) is 18.4 Å². The molecule has 1 aromatic carbocycles. The molecule has 126 valence electrons. The Labute approximate surface area is 146 Å². The van der Waals surface area contributed by atoms with Crippen LogP contribution in [-0.2, 0) is 10.5 Å². The third-order valence-corrected chi connectivity index (χ3v) is 4.90. The molecule has 2 aromatic rings. The van der Waals surface area contributed by atoms with Crippen LogP contribution in [0, 0.1) is 0 Å². The largest absolute Gasteiger partial charge is 0.472 e. The van der Waals surface area contributed by atoms with E-state index in [0.717, 1.165) is 25.1 Å². The van der Waals surface area contributed by atoms with E-state index in [1.54, 1.807) is 24.0 Å². The zero-order chi connectivity index (χ0) is 16.6. The molecule has 6 heteroatoms. The van der Waals surface area contributed by atoms with Crippen LogP contribution in [0.1, 0.15) is 18.4 Å². The van der Waals surface area contributed by atoms with Crippen molar-refractivity contribution in [1.82, 2.24) is 14.9 Å². The van der Waals surface area contributed by atoms with Crippen molar-refractivity contribution in [1.29, 1.82) is 0 Å². The van der Waals surface area contributed by atoms with Crippen LogP contribution in [0.5, 0.6) is 5.88 Å². The number of carbonyl (C=O) groups excluding carboxylic acids is 1. The summed E-state index contributed by atoms with van der Waals surface area (Å²) in [7, 11) is 0. The van der Waals surface area contributed by atoms with Crippen molar-refractivity contribution in [2.24, 2.45) is 0 Å². The van der Waals surface area contributed by atoms with Crippen LogP contribution in [-0.4, -0.2) is 45.7 Å². The zero-order valence-electron chi connectivity index (χ0n) is 13.5. The van der Waals surface area contributed by atoms with Crippen molar-refractivity contribution in [2.45, 2.75) is 24.7 Å². The Morgan fingerprint density at radius 2 is 2.17 bits per heavy atom. The van der Waals surface area contributed by atoms with Crippen molar-refractivity contribution in [2.75, 3.05) is 18.8 Å². The van der Waals surface area contributed by atoms with Gasteiger partial charge in [0.25, 0.3) is 0 Å². The van der Waals surface area contributed by atoms with E-state index in [1.165, 1.54) is 11.9 Å². The van der Waals surface area contributed by atoms with Gasteiger partial charge in [0.05, 0.1) is 12.3 Å². The van der Waals surface area contributed by atoms with Crippen LogP contribution in [0.3, 0.4) is 0 Å². The highest BCUT2D eigenvalue weighted by molar-refractivity contribution is 7.99. The molecular formula is C18H21N3O2S. The summed E-state index contributed by atoms with van der Waals surface area (Å²) in [6.07, 6.45) is 5.06. The molecule has 1 aliphatic rings. The van der Waals surface area contributed by atoms with Crippen molar-refractivity contribution >= 4 is 17.7 Å².